The lowest BCUT2D eigenvalue weighted by atomic mass is 10.1. The van der Waals surface area contributed by atoms with Crippen LogP contribution in [0, 0.1) is 32.1 Å². The van der Waals surface area contributed by atoms with Gasteiger partial charge < -0.3 is 4.52 Å². The van der Waals surface area contributed by atoms with E-state index in [1.165, 1.54) is 34.9 Å². The summed E-state index contributed by atoms with van der Waals surface area (Å²) in [4.78, 5) is 12.6. The second-order valence-electron chi connectivity index (χ2n) is 6.02. The normalized spacial score (nSPS) is 11.2. The molecule has 0 fully saturated rings. The van der Waals surface area contributed by atoms with Crippen molar-refractivity contribution in [1.29, 1.82) is 5.26 Å². The number of nitriles is 1. The molecule has 0 spiro atoms. The summed E-state index contributed by atoms with van der Waals surface area (Å²) in [5.74, 6) is 0.561. The third-order valence-electron chi connectivity index (χ3n) is 3.97. The average Bonchev–Trinajstić information content (AvgIpc) is 2.99. The van der Waals surface area contributed by atoms with Gasteiger partial charge in [0.1, 0.15) is 17.4 Å². The van der Waals surface area contributed by atoms with Gasteiger partial charge in [0.05, 0.1) is 4.90 Å². The summed E-state index contributed by atoms with van der Waals surface area (Å²) in [7, 11) is -3.85. The van der Waals surface area contributed by atoms with Gasteiger partial charge in [-0.25, -0.2) is 8.42 Å². The number of aromatic nitrogens is 2. The molecule has 0 saturated heterocycles. The number of nitrogens with zero attached hydrogens (tertiary/aromatic N) is 3. The zero-order chi connectivity index (χ0) is 19.8. The van der Waals surface area contributed by atoms with Crippen molar-refractivity contribution in [2.45, 2.75) is 25.7 Å². The fourth-order valence-electron chi connectivity index (χ4n) is 2.73. The Bertz CT molecular complexity index is 1220. The van der Waals surface area contributed by atoms with E-state index in [1.807, 2.05) is 6.07 Å². The fraction of sp³-hybridized carbons (Fsp3) is 0.167. The highest BCUT2D eigenvalue weighted by atomic mass is 32.2. The van der Waals surface area contributed by atoms with Crippen LogP contribution in [0.2, 0.25) is 0 Å². The maximum Gasteiger partial charge on any atom is 0.273 e. The lowest BCUT2D eigenvalue weighted by Gasteiger charge is -2.13. The number of pyridine rings is 1. The van der Waals surface area contributed by atoms with Crippen LogP contribution in [0.1, 0.15) is 22.6 Å². The molecule has 1 N–H and O–H groups in total. The molecule has 0 aliphatic carbocycles. The summed E-state index contributed by atoms with van der Waals surface area (Å²) in [5, 5.41) is 12.8. The molecule has 138 valence electrons. The van der Waals surface area contributed by atoms with Gasteiger partial charge in [0.15, 0.2) is 5.82 Å². The van der Waals surface area contributed by atoms with Crippen molar-refractivity contribution in [2.75, 3.05) is 4.72 Å². The number of anilines is 1. The predicted molar refractivity (Wildman–Crippen MR) is 98.3 cm³/mol. The van der Waals surface area contributed by atoms with Crippen molar-refractivity contribution in [3.63, 3.8) is 0 Å². The van der Waals surface area contributed by atoms with E-state index < -0.39 is 15.6 Å². The van der Waals surface area contributed by atoms with Gasteiger partial charge >= 0.3 is 0 Å². The van der Waals surface area contributed by atoms with Crippen LogP contribution in [-0.2, 0) is 10.0 Å². The van der Waals surface area contributed by atoms with E-state index >= 15 is 0 Å². The van der Waals surface area contributed by atoms with Gasteiger partial charge in [-0.05, 0) is 56.7 Å². The third kappa shape index (κ3) is 3.47. The molecule has 0 saturated carbocycles. The topological polar surface area (TPSA) is 118 Å². The maximum absolute atomic E-state index is 12.6. The highest BCUT2D eigenvalue weighted by Crippen LogP contribution is 2.18. The Kier molecular flexibility index (Phi) is 4.59. The molecule has 0 radical (unpaired) electrons. The molecule has 2 aromatic heterocycles. The first-order valence-electron chi connectivity index (χ1n) is 7.93. The molecule has 8 nitrogen and oxygen atoms in total. The number of hydrogen-bond acceptors (Lipinski definition) is 6. The van der Waals surface area contributed by atoms with Gasteiger partial charge in [-0.15, -0.1) is 0 Å². The van der Waals surface area contributed by atoms with Crippen LogP contribution in [0.4, 0.5) is 5.82 Å². The standard InChI is InChI=1S/C18H16N4O4S/c1-11-8-12(2)22(18(23)16(11)10-19)14-4-6-15(7-5-14)27(24,25)21-17-9-13(3)26-20-17/h4-9H,1-3H3,(H,20,21). The molecule has 3 aromatic rings. The van der Waals surface area contributed by atoms with E-state index in [4.69, 9.17) is 4.52 Å². The minimum absolute atomic E-state index is 0.00484. The Labute approximate surface area is 155 Å². The van der Waals surface area contributed by atoms with Crippen LogP contribution >= 0.6 is 0 Å². The van der Waals surface area contributed by atoms with Crippen molar-refractivity contribution in [2.24, 2.45) is 0 Å². The Morgan fingerprint density at radius 2 is 1.81 bits per heavy atom. The van der Waals surface area contributed by atoms with Crippen LogP contribution < -0.4 is 10.3 Å². The molecular weight excluding hydrogens is 368 g/mol. The molecule has 0 aliphatic rings. The highest BCUT2D eigenvalue weighted by Gasteiger charge is 2.17. The summed E-state index contributed by atoms with van der Waals surface area (Å²) in [6, 6.07) is 10.9. The van der Waals surface area contributed by atoms with Crippen LogP contribution in [0.5, 0.6) is 0 Å². The molecule has 0 amide bonds. The first-order chi connectivity index (χ1) is 12.7. The molecule has 2 heterocycles. The number of benzene rings is 1. The molecule has 3 rings (SSSR count). The Balaban J connectivity index is 1.99. The molecule has 9 heteroatoms. The quantitative estimate of drug-likeness (QED) is 0.738. The van der Waals surface area contributed by atoms with E-state index in [1.54, 1.807) is 26.8 Å². The third-order valence-corrected chi connectivity index (χ3v) is 5.34. The lowest BCUT2D eigenvalue weighted by molar-refractivity contribution is 0.400. The van der Waals surface area contributed by atoms with Gasteiger partial charge in [0.25, 0.3) is 15.6 Å². The van der Waals surface area contributed by atoms with Crippen LogP contribution in [0.25, 0.3) is 5.69 Å². The first-order valence-corrected chi connectivity index (χ1v) is 9.41. The monoisotopic (exact) mass is 384 g/mol. The summed E-state index contributed by atoms with van der Waals surface area (Å²) in [5.41, 5.74) is 1.32. The Morgan fingerprint density at radius 1 is 1.15 bits per heavy atom. The number of rotatable bonds is 4. The average molecular weight is 384 g/mol. The molecule has 0 unspecified atom stereocenters. The van der Waals surface area contributed by atoms with Crippen molar-refractivity contribution in [1.82, 2.24) is 9.72 Å². The molecular formula is C18H16N4O4S. The number of hydrogen-bond donors (Lipinski definition) is 1. The van der Waals surface area contributed by atoms with Gasteiger partial charge in [0.2, 0.25) is 0 Å². The zero-order valence-corrected chi connectivity index (χ0v) is 15.7. The van der Waals surface area contributed by atoms with Crippen LogP contribution in [0.15, 0.2) is 50.6 Å². The minimum atomic E-state index is -3.85. The number of sulfonamides is 1. The van der Waals surface area contributed by atoms with E-state index in [-0.39, 0.29) is 16.3 Å². The minimum Gasteiger partial charge on any atom is -0.360 e. The smallest absolute Gasteiger partial charge is 0.273 e. The second kappa shape index (κ2) is 6.74. The molecule has 0 bridgehead atoms. The Morgan fingerprint density at radius 3 is 2.37 bits per heavy atom. The lowest BCUT2D eigenvalue weighted by Crippen LogP contribution is -2.24. The number of aryl methyl sites for hydroxylation is 3. The van der Waals surface area contributed by atoms with Crippen LogP contribution in [-0.4, -0.2) is 18.1 Å². The van der Waals surface area contributed by atoms with Gasteiger partial charge in [-0.3, -0.25) is 14.1 Å². The summed E-state index contributed by atoms with van der Waals surface area (Å²) >= 11 is 0. The maximum atomic E-state index is 12.6. The Hall–Kier alpha value is -3.38. The van der Waals surface area contributed by atoms with E-state index in [9.17, 15) is 18.5 Å². The van der Waals surface area contributed by atoms with Crippen molar-refractivity contribution in [3.8, 4) is 11.8 Å². The SMILES string of the molecule is Cc1cc(NS(=O)(=O)c2ccc(-n3c(C)cc(C)c(C#N)c3=O)cc2)no1. The van der Waals surface area contributed by atoms with Gasteiger partial charge in [-0.1, -0.05) is 5.16 Å². The summed E-state index contributed by atoms with van der Waals surface area (Å²) in [6.45, 7) is 5.09. The zero-order valence-electron chi connectivity index (χ0n) is 14.8. The predicted octanol–water partition coefficient (Wildman–Crippen LogP) is 2.42. The van der Waals surface area contributed by atoms with Gasteiger partial charge in [0, 0.05) is 17.4 Å². The second-order valence-corrected chi connectivity index (χ2v) is 7.70. The van der Waals surface area contributed by atoms with E-state index in [0.717, 1.165) is 0 Å². The van der Waals surface area contributed by atoms with Crippen molar-refractivity contribution in [3.05, 3.63) is 69.3 Å². The highest BCUT2D eigenvalue weighted by molar-refractivity contribution is 7.92. The van der Waals surface area contributed by atoms with Gasteiger partial charge in [-0.2, -0.15) is 5.26 Å². The fourth-order valence-corrected chi connectivity index (χ4v) is 3.72. The summed E-state index contributed by atoms with van der Waals surface area (Å²) < 4.78 is 33.4. The largest absolute Gasteiger partial charge is 0.360 e. The van der Waals surface area contributed by atoms with E-state index in [2.05, 4.69) is 9.88 Å². The number of nitrogens with one attached hydrogen (secondary N) is 1. The van der Waals surface area contributed by atoms with E-state index in [0.29, 0.717) is 22.7 Å². The van der Waals surface area contributed by atoms with Crippen molar-refractivity contribution >= 4 is 15.8 Å². The van der Waals surface area contributed by atoms with Crippen LogP contribution in [0.3, 0.4) is 0 Å². The molecule has 0 aliphatic heterocycles. The molecule has 1 aromatic carbocycles. The summed E-state index contributed by atoms with van der Waals surface area (Å²) in [6.07, 6.45) is 0. The first kappa shape index (κ1) is 18.4. The molecule has 27 heavy (non-hydrogen) atoms. The molecule has 0 atom stereocenters. The van der Waals surface area contributed by atoms with Crippen molar-refractivity contribution < 1.29 is 12.9 Å².